The summed E-state index contributed by atoms with van der Waals surface area (Å²) in [6.07, 6.45) is 5.58. The zero-order chi connectivity index (χ0) is 13.3. The van der Waals surface area contributed by atoms with Crippen LogP contribution < -0.4 is 5.73 Å². The van der Waals surface area contributed by atoms with E-state index in [2.05, 4.69) is 0 Å². The first-order valence-electron chi connectivity index (χ1n) is 6.95. The minimum atomic E-state index is -0.419. The fourth-order valence-electron chi connectivity index (χ4n) is 3.42. The van der Waals surface area contributed by atoms with Gasteiger partial charge in [-0.15, -0.1) is 0 Å². The standard InChI is InChI=1S/C15H19FN2S/c16-13-8-4-3-7-12(13)15-9-5-1-2-6-11(15)10-19-14(17)18-15/h3-4,7-8,11H,1-2,5-6,9-10H2,(H2,17,18)/t11?,15-/m0/s1. The van der Waals surface area contributed by atoms with Gasteiger partial charge in [-0.05, 0) is 24.8 Å². The van der Waals surface area contributed by atoms with E-state index in [4.69, 9.17) is 10.7 Å². The smallest absolute Gasteiger partial charge is 0.154 e. The van der Waals surface area contributed by atoms with Crippen LogP contribution in [-0.4, -0.2) is 10.9 Å². The molecule has 1 aliphatic heterocycles. The molecule has 2 N–H and O–H groups in total. The van der Waals surface area contributed by atoms with Crippen LogP contribution in [-0.2, 0) is 5.54 Å². The van der Waals surface area contributed by atoms with Crippen molar-refractivity contribution in [2.45, 2.75) is 37.6 Å². The Morgan fingerprint density at radius 3 is 2.95 bits per heavy atom. The summed E-state index contributed by atoms with van der Waals surface area (Å²) in [6, 6.07) is 7.08. The van der Waals surface area contributed by atoms with Gasteiger partial charge in [0.2, 0.25) is 0 Å². The van der Waals surface area contributed by atoms with Gasteiger partial charge in [0, 0.05) is 11.3 Å². The maximum absolute atomic E-state index is 14.3. The van der Waals surface area contributed by atoms with Crippen LogP contribution >= 0.6 is 11.8 Å². The average Bonchev–Trinajstić information content (AvgIpc) is 2.61. The molecule has 1 fully saturated rings. The molecule has 0 spiro atoms. The van der Waals surface area contributed by atoms with Gasteiger partial charge in [0.25, 0.3) is 0 Å². The van der Waals surface area contributed by atoms with Crippen LogP contribution in [0.2, 0.25) is 0 Å². The number of rotatable bonds is 1. The lowest BCUT2D eigenvalue weighted by molar-refractivity contribution is 0.273. The molecule has 0 saturated heterocycles. The van der Waals surface area contributed by atoms with Gasteiger partial charge in [-0.1, -0.05) is 49.2 Å². The molecular weight excluding hydrogens is 259 g/mol. The van der Waals surface area contributed by atoms with Crippen LogP contribution in [0.5, 0.6) is 0 Å². The van der Waals surface area contributed by atoms with Gasteiger partial charge in [-0.3, -0.25) is 4.99 Å². The van der Waals surface area contributed by atoms with Gasteiger partial charge in [-0.25, -0.2) is 4.39 Å². The molecule has 2 atom stereocenters. The minimum Gasteiger partial charge on any atom is -0.379 e. The Bertz CT molecular complexity index is 503. The highest BCUT2D eigenvalue weighted by Crippen LogP contribution is 2.48. The number of nitrogens with two attached hydrogens (primary N) is 1. The Labute approximate surface area is 117 Å². The lowest BCUT2D eigenvalue weighted by atomic mass is 9.75. The number of nitrogens with zero attached hydrogens (tertiary/aromatic N) is 1. The van der Waals surface area contributed by atoms with Crippen molar-refractivity contribution in [1.82, 2.24) is 0 Å². The number of aliphatic imine (C=N–C) groups is 1. The lowest BCUT2D eigenvalue weighted by Crippen LogP contribution is -2.40. The summed E-state index contributed by atoms with van der Waals surface area (Å²) in [7, 11) is 0. The van der Waals surface area contributed by atoms with Crippen LogP contribution in [0.1, 0.15) is 37.7 Å². The van der Waals surface area contributed by atoms with E-state index in [0.717, 1.165) is 30.6 Å². The van der Waals surface area contributed by atoms with E-state index in [1.165, 1.54) is 12.8 Å². The molecule has 4 heteroatoms. The summed E-state index contributed by atoms with van der Waals surface area (Å²) in [6.45, 7) is 0. The van der Waals surface area contributed by atoms with E-state index in [1.54, 1.807) is 23.9 Å². The van der Waals surface area contributed by atoms with Crippen LogP contribution in [0.3, 0.4) is 0 Å². The minimum absolute atomic E-state index is 0.141. The van der Waals surface area contributed by atoms with Crippen LogP contribution in [0, 0.1) is 11.7 Å². The number of halogens is 1. The number of fused-ring (bicyclic) bond motifs is 1. The quantitative estimate of drug-likeness (QED) is 0.851. The normalized spacial score (nSPS) is 31.2. The van der Waals surface area contributed by atoms with Crippen molar-refractivity contribution in [3.63, 3.8) is 0 Å². The van der Waals surface area contributed by atoms with Crippen LogP contribution in [0.4, 0.5) is 4.39 Å². The molecule has 1 aromatic rings. The molecule has 0 radical (unpaired) electrons. The predicted octanol–water partition coefficient (Wildman–Crippen LogP) is 3.66. The highest BCUT2D eigenvalue weighted by atomic mass is 32.2. The van der Waals surface area contributed by atoms with E-state index in [-0.39, 0.29) is 5.82 Å². The molecule has 1 aromatic carbocycles. The zero-order valence-electron chi connectivity index (χ0n) is 10.9. The Morgan fingerprint density at radius 2 is 2.11 bits per heavy atom. The number of hydrogen-bond donors (Lipinski definition) is 1. The Kier molecular flexibility index (Phi) is 3.52. The number of thioether (sulfide) groups is 1. The third-order valence-corrected chi connectivity index (χ3v) is 5.32. The molecule has 0 bridgehead atoms. The second-order valence-corrected chi connectivity index (χ2v) is 6.50. The van der Waals surface area contributed by atoms with Crippen molar-refractivity contribution in [1.29, 1.82) is 0 Å². The summed E-state index contributed by atoms with van der Waals surface area (Å²) in [5, 5.41) is 0.612. The lowest BCUT2D eigenvalue weighted by Gasteiger charge is -2.40. The number of benzene rings is 1. The third kappa shape index (κ3) is 2.27. The molecule has 1 heterocycles. The third-order valence-electron chi connectivity index (χ3n) is 4.37. The van der Waals surface area contributed by atoms with E-state index in [0.29, 0.717) is 11.1 Å². The summed E-state index contributed by atoms with van der Waals surface area (Å²) in [4.78, 5) is 4.74. The summed E-state index contributed by atoms with van der Waals surface area (Å²) >= 11 is 1.62. The molecule has 0 amide bonds. The number of amidine groups is 1. The van der Waals surface area contributed by atoms with Gasteiger partial charge in [-0.2, -0.15) is 0 Å². The maximum atomic E-state index is 14.3. The molecule has 19 heavy (non-hydrogen) atoms. The molecule has 0 aromatic heterocycles. The molecule has 2 nitrogen and oxygen atoms in total. The van der Waals surface area contributed by atoms with Gasteiger partial charge in [0.15, 0.2) is 5.17 Å². The average molecular weight is 278 g/mol. The second-order valence-electron chi connectivity index (χ2n) is 5.46. The second kappa shape index (κ2) is 5.16. The van der Waals surface area contributed by atoms with Gasteiger partial charge in [0.1, 0.15) is 5.82 Å². The van der Waals surface area contributed by atoms with Crippen LogP contribution in [0.25, 0.3) is 0 Å². The summed E-state index contributed by atoms with van der Waals surface area (Å²) in [5.74, 6) is 1.23. The molecule has 3 rings (SSSR count). The van der Waals surface area contributed by atoms with Crippen molar-refractivity contribution in [2.24, 2.45) is 16.6 Å². The van der Waals surface area contributed by atoms with E-state index in [1.807, 2.05) is 12.1 Å². The van der Waals surface area contributed by atoms with Crippen molar-refractivity contribution in [3.8, 4) is 0 Å². The Morgan fingerprint density at radius 1 is 1.26 bits per heavy atom. The molecular formula is C15H19FN2S. The molecule has 1 saturated carbocycles. The van der Waals surface area contributed by atoms with Crippen molar-refractivity contribution < 1.29 is 4.39 Å². The molecule has 1 unspecified atom stereocenters. The summed E-state index contributed by atoms with van der Waals surface area (Å²) < 4.78 is 14.3. The first-order valence-corrected chi connectivity index (χ1v) is 7.94. The molecule has 102 valence electrons. The largest absolute Gasteiger partial charge is 0.379 e. The zero-order valence-corrected chi connectivity index (χ0v) is 11.8. The van der Waals surface area contributed by atoms with Gasteiger partial charge >= 0.3 is 0 Å². The Hall–Kier alpha value is -1.03. The monoisotopic (exact) mass is 278 g/mol. The first kappa shape index (κ1) is 13.0. The highest BCUT2D eigenvalue weighted by molar-refractivity contribution is 8.13. The van der Waals surface area contributed by atoms with Crippen molar-refractivity contribution in [2.75, 3.05) is 5.75 Å². The molecule has 1 aliphatic carbocycles. The number of hydrogen-bond acceptors (Lipinski definition) is 3. The SMILES string of the molecule is NC1=N[C@@]2(c3ccccc3F)CCCCCC2CS1. The fourth-order valence-corrected chi connectivity index (χ4v) is 4.46. The predicted molar refractivity (Wildman–Crippen MR) is 78.7 cm³/mol. The van der Waals surface area contributed by atoms with E-state index in [9.17, 15) is 4.39 Å². The molecule has 2 aliphatic rings. The fraction of sp³-hybridized carbons (Fsp3) is 0.533. The topological polar surface area (TPSA) is 38.4 Å². The Balaban J connectivity index is 2.14. The first-order chi connectivity index (χ1) is 9.22. The van der Waals surface area contributed by atoms with Crippen molar-refractivity contribution in [3.05, 3.63) is 35.6 Å². The van der Waals surface area contributed by atoms with Crippen molar-refractivity contribution >= 4 is 16.9 Å². The van der Waals surface area contributed by atoms with E-state index >= 15 is 0 Å². The van der Waals surface area contributed by atoms with E-state index < -0.39 is 5.54 Å². The highest BCUT2D eigenvalue weighted by Gasteiger charge is 2.44. The summed E-state index contributed by atoms with van der Waals surface area (Å²) in [5.41, 5.74) is 6.28. The van der Waals surface area contributed by atoms with Gasteiger partial charge < -0.3 is 5.73 Å². The maximum Gasteiger partial charge on any atom is 0.154 e. The van der Waals surface area contributed by atoms with Gasteiger partial charge in [0.05, 0.1) is 5.54 Å². The van der Waals surface area contributed by atoms with Crippen LogP contribution in [0.15, 0.2) is 29.3 Å².